The topological polar surface area (TPSA) is 37.4 Å². The number of likely N-dealkylation sites (N-methyl/N-ethyl adjacent to an activating group) is 1. The summed E-state index contributed by atoms with van der Waals surface area (Å²) in [5.41, 5.74) is 0.924. The number of nitrogens with zero attached hydrogens (tertiary/aromatic N) is 1. The van der Waals surface area contributed by atoms with E-state index in [1.54, 1.807) is 14.0 Å². The summed E-state index contributed by atoms with van der Waals surface area (Å²) in [7, 11) is 1.55. The molecule has 2 atom stereocenters. The van der Waals surface area contributed by atoms with Crippen molar-refractivity contribution >= 4 is 11.8 Å². The molecule has 0 bridgehead atoms. The van der Waals surface area contributed by atoms with Crippen molar-refractivity contribution in [2.45, 2.75) is 12.8 Å². The predicted octanol–water partition coefficient (Wildman–Crippen LogP) is 1.40. The van der Waals surface area contributed by atoms with Crippen molar-refractivity contribution in [2.24, 2.45) is 5.92 Å². The highest BCUT2D eigenvalue weighted by Gasteiger charge is 2.43. The van der Waals surface area contributed by atoms with Crippen molar-refractivity contribution in [1.82, 2.24) is 4.90 Å². The van der Waals surface area contributed by atoms with E-state index in [1.165, 1.54) is 4.90 Å². The number of hydrogen-bond donors (Lipinski definition) is 0. The van der Waals surface area contributed by atoms with Gasteiger partial charge in [-0.2, -0.15) is 0 Å². The molecule has 1 saturated heterocycles. The van der Waals surface area contributed by atoms with E-state index in [0.717, 1.165) is 5.56 Å². The molecule has 1 fully saturated rings. The molecule has 1 aliphatic heterocycles. The second-order valence-electron chi connectivity index (χ2n) is 3.91. The highest BCUT2D eigenvalue weighted by atomic mass is 16.2. The quantitative estimate of drug-likeness (QED) is 0.647. The van der Waals surface area contributed by atoms with Crippen molar-refractivity contribution in [3.05, 3.63) is 35.9 Å². The van der Waals surface area contributed by atoms with Gasteiger partial charge in [0.05, 0.1) is 11.8 Å². The zero-order valence-corrected chi connectivity index (χ0v) is 8.81. The van der Waals surface area contributed by atoms with E-state index in [4.69, 9.17) is 0 Å². The molecule has 0 spiro atoms. The Balaban J connectivity index is 2.39. The number of carbonyl (C=O) groups excluding carboxylic acids is 2. The summed E-state index contributed by atoms with van der Waals surface area (Å²) in [5, 5.41) is 0. The molecule has 2 amide bonds. The van der Waals surface area contributed by atoms with Crippen LogP contribution in [0.4, 0.5) is 0 Å². The van der Waals surface area contributed by atoms with Crippen LogP contribution >= 0.6 is 0 Å². The Labute approximate surface area is 88.7 Å². The van der Waals surface area contributed by atoms with Gasteiger partial charge in [-0.05, 0) is 5.56 Å². The lowest BCUT2D eigenvalue weighted by Crippen LogP contribution is -2.25. The zero-order chi connectivity index (χ0) is 11.0. The molecule has 0 N–H and O–H groups in total. The van der Waals surface area contributed by atoms with Crippen LogP contribution in [0, 0.1) is 5.92 Å². The Morgan fingerprint density at radius 2 is 1.67 bits per heavy atom. The van der Waals surface area contributed by atoms with Gasteiger partial charge in [0, 0.05) is 7.05 Å². The number of rotatable bonds is 1. The fourth-order valence-corrected chi connectivity index (χ4v) is 2.07. The molecule has 0 aliphatic carbocycles. The Bertz CT molecular complexity index is 399. The summed E-state index contributed by atoms with van der Waals surface area (Å²) in [6, 6.07) is 9.46. The molecule has 78 valence electrons. The lowest BCUT2D eigenvalue weighted by Gasteiger charge is -2.10. The first-order chi connectivity index (χ1) is 7.13. The van der Waals surface area contributed by atoms with E-state index in [1.807, 2.05) is 30.3 Å². The van der Waals surface area contributed by atoms with Crippen LogP contribution < -0.4 is 0 Å². The molecule has 3 heteroatoms. The van der Waals surface area contributed by atoms with Gasteiger partial charge in [-0.25, -0.2) is 0 Å². The third-order valence-electron chi connectivity index (χ3n) is 2.98. The van der Waals surface area contributed by atoms with Crippen LogP contribution in [-0.2, 0) is 9.59 Å². The number of carbonyl (C=O) groups is 2. The number of benzene rings is 1. The van der Waals surface area contributed by atoms with Crippen LogP contribution in [-0.4, -0.2) is 23.8 Å². The first-order valence-electron chi connectivity index (χ1n) is 4.99. The van der Waals surface area contributed by atoms with Crippen LogP contribution in [0.5, 0.6) is 0 Å². The number of likely N-dealkylation sites (tertiary alicyclic amines) is 1. The molecule has 15 heavy (non-hydrogen) atoms. The van der Waals surface area contributed by atoms with Crippen molar-refractivity contribution in [1.29, 1.82) is 0 Å². The smallest absolute Gasteiger partial charge is 0.237 e. The van der Waals surface area contributed by atoms with E-state index in [-0.39, 0.29) is 23.7 Å². The monoisotopic (exact) mass is 203 g/mol. The largest absolute Gasteiger partial charge is 0.285 e. The third-order valence-corrected chi connectivity index (χ3v) is 2.98. The fourth-order valence-electron chi connectivity index (χ4n) is 2.07. The second kappa shape index (κ2) is 3.50. The Morgan fingerprint density at radius 1 is 1.07 bits per heavy atom. The number of amides is 2. The predicted molar refractivity (Wildman–Crippen MR) is 56.1 cm³/mol. The first kappa shape index (κ1) is 9.90. The molecule has 0 aromatic heterocycles. The third kappa shape index (κ3) is 1.44. The fraction of sp³-hybridized carbons (Fsp3) is 0.333. The second-order valence-corrected chi connectivity index (χ2v) is 3.91. The molecule has 2 rings (SSSR count). The molecule has 0 unspecified atom stereocenters. The molecular formula is C12H13NO2. The minimum atomic E-state index is -0.302. The summed E-state index contributed by atoms with van der Waals surface area (Å²) in [6.45, 7) is 1.81. The van der Waals surface area contributed by atoms with Gasteiger partial charge >= 0.3 is 0 Å². The zero-order valence-electron chi connectivity index (χ0n) is 8.81. The molecule has 0 saturated carbocycles. The first-order valence-corrected chi connectivity index (χ1v) is 4.99. The van der Waals surface area contributed by atoms with Gasteiger partial charge in [-0.3, -0.25) is 14.5 Å². The van der Waals surface area contributed by atoms with Crippen LogP contribution in [0.15, 0.2) is 30.3 Å². The highest BCUT2D eigenvalue weighted by Crippen LogP contribution is 2.33. The van der Waals surface area contributed by atoms with Crippen molar-refractivity contribution in [3.63, 3.8) is 0 Å². The van der Waals surface area contributed by atoms with E-state index in [9.17, 15) is 9.59 Å². The lowest BCUT2D eigenvalue weighted by atomic mass is 9.89. The van der Waals surface area contributed by atoms with E-state index < -0.39 is 0 Å². The van der Waals surface area contributed by atoms with Crippen molar-refractivity contribution in [2.75, 3.05) is 7.05 Å². The standard InChI is InChI=1S/C12H13NO2/c1-8-10(9-6-4-3-5-7-9)12(15)13(2)11(8)14/h3-8,10H,1-2H3/t8-,10-/m1/s1. The molecule has 1 heterocycles. The molecule has 0 radical (unpaired) electrons. The van der Waals surface area contributed by atoms with Crippen LogP contribution in [0.2, 0.25) is 0 Å². The number of imide groups is 1. The summed E-state index contributed by atoms with van der Waals surface area (Å²) in [5.74, 6) is -0.735. The summed E-state index contributed by atoms with van der Waals surface area (Å²) >= 11 is 0. The van der Waals surface area contributed by atoms with Crippen LogP contribution in [0.25, 0.3) is 0 Å². The van der Waals surface area contributed by atoms with Gasteiger partial charge in [0.1, 0.15) is 0 Å². The Hall–Kier alpha value is -1.64. The van der Waals surface area contributed by atoms with Gasteiger partial charge in [0.2, 0.25) is 11.8 Å². The highest BCUT2D eigenvalue weighted by molar-refractivity contribution is 6.07. The van der Waals surface area contributed by atoms with Crippen LogP contribution in [0.3, 0.4) is 0 Å². The average Bonchev–Trinajstić information content (AvgIpc) is 2.45. The van der Waals surface area contributed by atoms with Gasteiger partial charge in [-0.15, -0.1) is 0 Å². The molecule has 1 aromatic carbocycles. The minimum Gasteiger partial charge on any atom is -0.285 e. The van der Waals surface area contributed by atoms with Crippen molar-refractivity contribution < 1.29 is 9.59 Å². The maximum Gasteiger partial charge on any atom is 0.237 e. The molecule has 1 aromatic rings. The van der Waals surface area contributed by atoms with Gasteiger partial charge in [-0.1, -0.05) is 37.3 Å². The molecule has 3 nitrogen and oxygen atoms in total. The summed E-state index contributed by atoms with van der Waals surface area (Å²) in [4.78, 5) is 24.7. The lowest BCUT2D eigenvalue weighted by molar-refractivity contribution is -0.137. The van der Waals surface area contributed by atoms with Crippen molar-refractivity contribution in [3.8, 4) is 0 Å². The maximum atomic E-state index is 11.8. The SMILES string of the molecule is C[C@H]1C(=O)N(C)C(=O)[C@H]1c1ccccc1. The van der Waals surface area contributed by atoms with Crippen LogP contribution in [0.1, 0.15) is 18.4 Å². The Kier molecular flexibility index (Phi) is 2.31. The maximum absolute atomic E-state index is 11.8. The van der Waals surface area contributed by atoms with E-state index in [2.05, 4.69) is 0 Å². The normalized spacial score (nSPS) is 26.1. The summed E-state index contributed by atoms with van der Waals surface area (Å²) in [6.07, 6.45) is 0. The van der Waals surface area contributed by atoms with E-state index >= 15 is 0 Å². The van der Waals surface area contributed by atoms with Gasteiger partial charge in [0.15, 0.2) is 0 Å². The number of hydrogen-bond acceptors (Lipinski definition) is 2. The van der Waals surface area contributed by atoms with Gasteiger partial charge in [0.25, 0.3) is 0 Å². The Morgan fingerprint density at radius 3 is 2.13 bits per heavy atom. The minimum absolute atomic E-state index is 0.0890. The summed E-state index contributed by atoms with van der Waals surface area (Å²) < 4.78 is 0. The van der Waals surface area contributed by atoms with Gasteiger partial charge < -0.3 is 0 Å². The molecule has 1 aliphatic rings. The van der Waals surface area contributed by atoms with E-state index in [0.29, 0.717) is 0 Å². The molecular weight excluding hydrogens is 190 g/mol. The average molecular weight is 203 g/mol.